The highest BCUT2D eigenvalue weighted by molar-refractivity contribution is 7.99. The molecule has 100 valence electrons. The Balaban J connectivity index is 2.63. The number of aromatic nitrogens is 2. The fourth-order valence-corrected chi connectivity index (χ4v) is 2.69. The van der Waals surface area contributed by atoms with Crippen LogP contribution < -0.4 is 11.3 Å². The van der Waals surface area contributed by atoms with Crippen molar-refractivity contribution in [1.29, 1.82) is 0 Å². The Kier molecular flexibility index (Phi) is 3.90. The van der Waals surface area contributed by atoms with E-state index in [1.165, 1.54) is 11.8 Å². The molecule has 0 radical (unpaired) electrons. The smallest absolute Gasteiger partial charge is 0.262 e. The molecule has 0 aliphatic heterocycles. The van der Waals surface area contributed by atoms with Crippen LogP contribution in [-0.4, -0.2) is 21.2 Å². The molecule has 5 nitrogen and oxygen atoms in total. The van der Waals surface area contributed by atoms with Gasteiger partial charge in [0.25, 0.3) is 5.56 Å². The van der Waals surface area contributed by atoms with Crippen molar-refractivity contribution in [1.82, 2.24) is 9.55 Å². The molecule has 0 unspecified atom stereocenters. The summed E-state index contributed by atoms with van der Waals surface area (Å²) >= 11 is 1.19. The highest BCUT2D eigenvalue weighted by Crippen LogP contribution is 2.20. The zero-order valence-electron chi connectivity index (χ0n) is 10.8. The van der Waals surface area contributed by atoms with Crippen LogP contribution in [0.4, 0.5) is 0 Å². The van der Waals surface area contributed by atoms with E-state index in [1.807, 2.05) is 26.0 Å². The van der Waals surface area contributed by atoms with Crippen LogP contribution in [0.2, 0.25) is 0 Å². The molecule has 0 fully saturated rings. The maximum atomic E-state index is 12.4. The van der Waals surface area contributed by atoms with E-state index in [9.17, 15) is 9.59 Å². The van der Waals surface area contributed by atoms with Gasteiger partial charge in [0.2, 0.25) is 5.91 Å². The van der Waals surface area contributed by atoms with Crippen molar-refractivity contribution >= 4 is 28.6 Å². The second-order valence-corrected chi connectivity index (χ2v) is 5.38. The van der Waals surface area contributed by atoms with Gasteiger partial charge in [-0.2, -0.15) is 0 Å². The summed E-state index contributed by atoms with van der Waals surface area (Å²) in [5, 5.41) is 1.11. The standard InChI is InChI=1S/C13H15N3O2S/c1-8(2)16-12(18)9-5-3-4-6-10(9)15-13(16)19-7-11(14)17/h3-6,8H,7H2,1-2H3,(H2,14,17). The molecule has 0 aliphatic rings. The van der Waals surface area contributed by atoms with E-state index in [1.54, 1.807) is 16.7 Å². The third-order valence-electron chi connectivity index (χ3n) is 2.64. The number of para-hydroxylation sites is 1. The molecule has 0 spiro atoms. The normalized spacial score (nSPS) is 11.1. The third kappa shape index (κ3) is 2.78. The Morgan fingerprint density at radius 1 is 1.42 bits per heavy atom. The van der Waals surface area contributed by atoms with Crippen LogP contribution in [0.3, 0.4) is 0 Å². The van der Waals surface area contributed by atoms with E-state index in [0.717, 1.165) is 0 Å². The molecule has 6 heteroatoms. The molecule has 2 rings (SSSR count). The SMILES string of the molecule is CC(C)n1c(SCC(N)=O)nc2ccccc2c1=O. The zero-order valence-corrected chi connectivity index (χ0v) is 11.6. The Morgan fingerprint density at radius 3 is 2.74 bits per heavy atom. The van der Waals surface area contributed by atoms with Gasteiger partial charge in [-0.3, -0.25) is 14.2 Å². The van der Waals surface area contributed by atoms with E-state index in [2.05, 4.69) is 4.98 Å². The minimum Gasteiger partial charge on any atom is -0.369 e. The summed E-state index contributed by atoms with van der Waals surface area (Å²) in [5.41, 5.74) is 5.69. The van der Waals surface area contributed by atoms with Crippen LogP contribution in [0.5, 0.6) is 0 Å². The average Bonchev–Trinajstić information content (AvgIpc) is 2.36. The van der Waals surface area contributed by atoms with Crippen LogP contribution in [0, 0.1) is 0 Å². The first-order valence-electron chi connectivity index (χ1n) is 5.93. The lowest BCUT2D eigenvalue weighted by atomic mass is 10.2. The van der Waals surface area contributed by atoms with E-state index < -0.39 is 5.91 Å². The Bertz CT molecular complexity index is 679. The number of carbonyl (C=O) groups is 1. The zero-order chi connectivity index (χ0) is 14.0. The molecule has 2 aromatic rings. The minimum atomic E-state index is -0.428. The number of amides is 1. The summed E-state index contributed by atoms with van der Waals surface area (Å²) in [4.78, 5) is 27.8. The quantitative estimate of drug-likeness (QED) is 0.679. The van der Waals surface area contributed by atoms with E-state index in [0.29, 0.717) is 16.1 Å². The molecule has 2 N–H and O–H groups in total. The summed E-state index contributed by atoms with van der Waals surface area (Å²) < 4.78 is 1.59. The van der Waals surface area contributed by atoms with Crippen molar-refractivity contribution < 1.29 is 4.79 Å². The number of benzene rings is 1. The van der Waals surface area contributed by atoms with Gasteiger partial charge >= 0.3 is 0 Å². The molecule has 0 aliphatic carbocycles. The van der Waals surface area contributed by atoms with Crippen LogP contribution in [-0.2, 0) is 4.79 Å². The second-order valence-electron chi connectivity index (χ2n) is 4.44. The van der Waals surface area contributed by atoms with E-state index in [-0.39, 0.29) is 17.4 Å². The number of carbonyl (C=O) groups excluding carboxylic acids is 1. The predicted molar refractivity (Wildman–Crippen MR) is 76.3 cm³/mol. The number of fused-ring (bicyclic) bond motifs is 1. The lowest BCUT2D eigenvalue weighted by molar-refractivity contribution is -0.115. The molecule has 1 aromatic carbocycles. The first-order valence-corrected chi connectivity index (χ1v) is 6.91. The topological polar surface area (TPSA) is 78.0 Å². The molecule has 0 saturated heterocycles. The fourth-order valence-electron chi connectivity index (χ4n) is 1.82. The molecule has 19 heavy (non-hydrogen) atoms. The lowest BCUT2D eigenvalue weighted by Gasteiger charge is -2.15. The lowest BCUT2D eigenvalue weighted by Crippen LogP contribution is -2.25. The monoisotopic (exact) mass is 277 g/mol. The largest absolute Gasteiger partial charge is 0.369 e. The fraction of sp³-hybridized carbons (Fsp3) is 0.308. The number of nitrogens with zero attached hydrogens (tertiary/aromatic N) is 2. The summed E-state index contributed by atoms with van der Waals surface area (Å²) in [6, 6.07) is 7.16. The molecular formula is C13H15N3O2S. The maximum absolute atomic E-state index is 12.4. The van der Waals surface area contributed by atoms with Crippen molar-refractivity contribution in [3.63, 3.8) is 0 Å². The molecule has 1 amide bonds. The van der Waals surface area contributed by atoms with Gasteiger partial charge in [0.1, 0.15) is 0 Å². The highest BCUT2D eigenvalue weighted by atomic mass is 32.2. The van der Waals surface area contributed by atoms with Gasteiger partial charge in [0.15, 0.2) is 5.16 Å². The van der Waals surface area contributed by atoms with Crippen molar-refractivity contribution in [3.05, 3.63) is 34.6 Å². The first kappa shape index (κ1) is 13.6. The van der Waals surface area contributed by atoms with Crippen LogP contribution in [0.25, 0.3) is 10.9 Å². The summed E-state index contributed by atoms with van der Waals surface area (Å²) in [6.45, 7) is 3.82. The molecule has 1 heterocycles. The number of primary amides is 1. The minimum absolute atomic E-state index is 0.0278. The van der Waals surface area contributed by atoms with E-state index in [4.69, 9.17) is 5.73 Å². The Labute approximate surface area is 114 Å². The van der Waals surface area contributed by atoms with Gasteiger partial charge in [-0.25, -0.2) is 4.98 Å². The Morgan fingerprint density at radius 2 is 2.11 bits per heavy atom. The predicted octanol–water partition coefficient (Wildman–Crippen LogP) is 1.55. The van der Waals surface area contributed by atoms with Gasteiger partial charge in [-0.15, -0.1) is 0 Å². The van der Waals surface area contributed by atoms with Crippen LogP contribution >= 0.6 is 11.8 Å². The number of hydrogen-bond acceptors (Lipinski definition) is 4. The molecule has 0 atom stereocenters. The van der Waals surface area contributed by atoms with E-state index >= 15 is 0 Å². The van der Waals surface area contributed by atoms with Gasteiger partial charge in [-0.05, 0) is 26.0 Å². The molecule has 0 saturated carbocycles. The third-order valence-corrected chi connectivity index (χ3v) is 3.61. The summed E-state index contributed by atoms with van der Waals surface area (Å²) in [6.07, 6.45) is 0. The summed E-state index contributed by atoms with van der Waals surface area (Å²) in [5.74, 6) is -0.319. The molecular weight excluding hydrogens is 262 g/mol. The van der Waals surface area contributed by atoms with Crippen molar-refractivity contribution in [3.8, 4) is 0 Å². The molecule has 1 aromatic heterocycles. The van der Waals surface area contributed by atoms with Crippen molar-refractivity contribution in [2.75, 3.05) is 5.75 Å². The van der Waals surface area contributed by atoms with Crippen molar-refractivity contribution in [2.45, 2.75) is 25.0 Å². The van der Waals surface area contributed by atoms with Crippen LogP contribution in [0.15, 0.2) is 34.2 Å². The maximum Gasteiger partial charge on any atom is 0.262 e. The molecule has 0 bridgehead atoms. The van der Waals surface area contributed by atoms with Crippen molar-refractivity contribution in [2.24, 2.45) is 5.73 Å². The average molecular weight is 277 g/mol. The van der Waals surface area contributed by atoms with Gasteiger partial charge in [0.05, 0.1) is 16.7 Å². The number of hydrogen-bond donors (Lipinski definition) is 1. The van der Waals surface area contributed by atoms with Crippen LogP contribution in [0.1, 0.15) is 19.9 Å². The first-order chi connectivity index (χ1) is 9.00. The summed E-state index contributed by atoms with van der Waals surface area (Å²) in [7, 11) is 0. The van der Waals surface area contributed by atoms with Gasteiger partial charge < -0.3 is 5.73 Å². The van der Waals surface area contributed by atoms with Gasteiger partial charge in [-0.1, -0.05) is 23.9 Å². The second kappa shape index (κ2) is 5.44. The number of nitrogens with two attached hydrogens (primary N) is 1. The van der Waals surface area contributed by atoms with Gasteiger partial charge in [0, 0.05) is 6.04 Å². The number of rotatable bonds is 4. The highest BCUT2D eigenvalue weighted by Gasteiger charge is 2.14. The Hall–Kier alpha value is -1.82. The number of thioether (sulfide) groups is 1.